The van der Waals surface area contributed by atoms with Crippen molar-refractivity contribution in [3.63, 3.8) is 0 Å². The molecule has 0 aromatic rings. The first-order valence-corrected chi connectivity index (χ1v) is 2.80. The summed E-state index contributed by atoms with van der Waals surface area (Å²) in [6.45, 7) is 6.00. The predicted octanol–water partition coefficient (Wildman–Crippen LogP) is 0.174. The van der Waals surface area contributed by atoms with E-state index in [0.29, 0.717) is 0 Å². The van der Waals surface area contributed by atoms with Crippen molar-refractivity contribution >= 4 is 11.1 Å². The molecule has 4 heteroatoms. The van der Waals surface area contributed by atoms with E-state index in [0.717, 1.165) is 0 Å². The lowest BCUT2D eigenvalue weighted by Crippen LogP contribution is -2.02. The second-order valence-corrected chi connectivity index (χ2v) is 2.21. The van der Waals surface area contributed by atoms with E-state index < -0.39 is 16.5 Å². The first-order valence-electron chi connectivity index (χ1n) is 1.66. The minimum Gasteiger partial charge on any atom is -0.767 e. The summed E-state index contributed by atoms with van der Waals surface area (Å²) in [5.74, 6) is 0. The Labute approximate surface area is 44.4 Å². The zero-order chi connectivity index (χ0) is 5.86. The highest BCUT2D eigenvalue weighted by Crippen LogP contribution is 1.89. The van der Waals surface area contributed by atoms with Crippen molar-refractivity contribution in [2.45, 2.75) is 12.3 Å². The molecule has 0 aliphatic carbocycles. The van der Waals surface area contributed by atoms with Gasteiger partial charge in [-0.25, -0.2) is 0 Å². The Balaban J connectivity index is 3.63. The van der Waals surface area contributed by atoms with Crippen LogP contribution >= 0.6 is 0 Å². The molecule has 0 aromatic heterocycles. The number of rotatable bonds is 1. The molecule has 2 unspecified atom stereocenters. The minimum atomic E-state index is -2.15. The van der Waals surface area contributed by atoms with Crippen molar-refractivity contribution in [2.75, 3.05) is 0 Å². The van der Waals surface area contributed by atoms with Gasteiger partial charge in [0.1, 0.15) is 0 Å². The highest BCUT2D eigenvalue weighted by Gasteiger charge is 2.04. The fourth-order valence-corrected chi connectivity index (χ4v) is 0.149. The van der Waals surface area contributed by atoms with Crippen LogP contribution < -0.4 is 0 Å². The van der Waals surface area contributed by atoms with E-state index in [1.165, 1.54) is 6.92 Å². The molecule has 0 spiro atoms. The standard InChI is InChI=1S/C3H5NO2S/c1-3(4-2)7(5)6/h2-3H,1H3. The van der Waals surface area contributed by atoms with Crippen LogP contribution in [0.2, 0.25) is 0 Å². The number of nitrogens with zero attached hydrogens (tertiary/aromatic N) is 1. The molecule has 0 amide bonds. The van der Waals surface area contributed by atoms with Gasteiger partial charge in [-0.3, -0.25) is 4.21 Å². The van der Waals surface area contributed by atoms with Crippen LogP contribution in [-0.4, -0.2) is 14.1 Å². The van der Waals surface area contributed by atoms with Crippen molar-refractivity contribution in [3.05, 3.63) is 4.85 Å². The molecule has 0 fully saturated rings. The summed E-state index contributed by atoms with van der Waals surface area (Å²) in [4.78, 5) is 2.98. The third kappa shape index (κ3) is 2.31. The van der Waals surface area contributed by atoms with Gasteiger partial charge in [0.2, 0.25) is 0 Å². The van der Waals surface area contributed by atoms with Crippen LogP contribution in [0.25, 0.3) is 4.85 Å². The lowest BCUT2D eigenvalue weighted by atomic mass is 10.8. The molecule has 3 nitrogen and oxygen atoms in total. The molecule has 2 atom stereocenters. The first kappa shape index (κ1) is 6.60. The van der Waals surface area contributed by atoms with Crippen molar-refractivity contribution in [1.82, 2.24) is 0 Å². The summed E-state index contributed by atoms with van der Waals surface area (Å²) in [7, 11) is 0. The fraction of sp³-hybridized carbons (Fsp3) is 0.667. The Kier molecular flexibility index (Phi) is 2.56. The van der Waals surface area contributed by atoms with E-state index in [4.69, 9.17) is 0 Å². The SMILES string of the molecule is C#[N+]C(C)S(=O)[O-]. The molecule has 0 aliphatic heterocycles. The average molecular weight is 119 g/mol. The van der Waals surface area contributed by atoms with E-state index in [-0.39, 0.29) is 0 Å². The van der Waals surface area contributed by atoms with Crippen molar-refractivity contribution < 1.29 is 8.76 Å². The molecule has 0 rings (SSSR count). The quantitative estimate of drug-likeness (QED) is 0.462. The maximum atomic E-state index is 9.76. The summed E-state index contributed by atoms with van der Waals surface area (Å²) >= 11 is -2.15. The molecule has 0 aliphatic rings. The summed E-state index contributed by atoms with van der Waals surface area (Å²) in [5.41, 5.74) is 0. The van der Waals surface area contributed by atoms with Gasteiger partial charge < -0.3 is 4.55 Å². The third-order valence-corrected chi connectivity index (χ3v) is 1.17. The zero-order valence-corrected chi connectivity index (χ0v) is 4.64. The third-order valence-electron chi connectivity index (χ3n) is 0.488. The van der Waals surface area contributed by atoms with Crippen LogP contribution in [0.5, 0.6) is 0 Å². The normalized spacial score (nSPS) is 17.3. The smallest absolute Gasteiger partial charge is 0.329 e. The van der Waals surface area contributed by atoms with E-state index in [2.05, 4.69) is 11.4 Å². The van der Waals surface area contributed by atoms with Crippen molar-refractivity contribution in [1.29, 1.82) is 0 Å². The molecule has 0 saturated heterocycles. The van der Waals surface area contributed by atoms with E-state index >= 15 is 0 Å². The summed E-state index contributed by atoms with van der Waals surface area (Å²) in [6, 6.07) is 0. The molecule has 0 heterocycles. The number of hydrogen-bond donors (Lipinski definition) is 0. The molecule has 0 saturated carbocycles. The van der Waals surface area contributed by atoms with Crippen LogP contribution in [0.3, 0.4) is 0 Å². The molecule has 0 radical (unpaired) electrons. The van der Waals surface area contributed by atoms with Gasteiger partial charge in [-0.1, -0.05) is 4.85 Å². The van der Waals surface area contributed by atoms with Crippen LogP contribution in [0.15, 0.2) is 0 Å². The Hall–Kier alpha value is -0.400. The predicted molar refractivity (Wildman–Crippen MR) is 26.7 cm³/mol. The van der Waals surface area contributed by atoms with Gasteiger partial charge in [-0.2, -0.15) is 0 Å². The maximum absolute atomic E-state index is 9.76. The summed E-state index contributed by atoms with van der Waals surface area (Å²) in [6.07, 6.45) is 0. The zero-order valence-electron chi connectivity index (χ0n) is 3.83. The van der Waals surface area contributed by atoms with Crippen LogP contribution in [-0.2, 0) is 11.1 Å². The highest BCUT2D eigenvalue weighted by molar-refractivity contribution is 7.79. The van der Waals surface area contributed by atoms with Gasteiger partial charge in [0, 0.05) is 18.0 Å². The first-order chi connectivity index (χ1) is 3.18. The monoisotopic (exact) mass is 119 g/mol. The van der Waals surface area contributed by atoms with Gasteiger partial charge >= 0.3 is 5.37 Å². The largest absolute Gasteiger partial charge is 0.767 e. The minimum absolute atomic E-state index is 0.778. The molecule has 0 aromatic carbocycles. The average Bonchev–Trinajstić information content (AvgIpc) is 1.65. The fourth-order valence-electron chi connectivity index (χ4n) is 0.0497. The lowest BCUT2D eigenvalue weighted by molar-refractivity contribution is 0.532. The van der Waals surface area contributed by atoms with Crippen LogP contribution in [0.1, 0.15) is 6.92 Å². The van der Waals surface area contributed by atoms with Crippen molar-refractivity contribution in [3.8, 4) is 6.57 Å². The van der Waals surface area contributed by atoms with E-state index in [1.807, 2.05) is 0 Å². The Morgan fingerprint density at radius 1 is 2.00 bits per heavy atom. The van der Waals surface area contributed by atoms with Crippen LogP contribution in [0.4, 0.5) is 0 Å². The Morgan fingerprint density at radius 2 is 2.43 bits per heavy atom. The van der Waals surface area contributed by atoms with Gasteiger partial charge in [-0.15, -0.1) is 0 Å². The van der Waals surface area contributed by atoms with Gasteiger partial charge in [0.15, 0.2) is 0 Å². The molecular weight excluding hydrogens is 114 g/mol. The molecule has 7 heavy (non-hydrogen) atoms. The van der Waals surface area contributed by atoms with Gasteiger partial charge in [0.25, 0.3) is 6.57 Å². The maximum Gasteiger partial charge on any atom is 0.329 e. The summed E-state index contributed by atoms with van der Waals surface area (Å²) < 4.78 is 19.5. The van der Waals surface area contributed by atoms with Crippen molar-refractivity contribution in [2.24, 2.45) is 0 Å². The molecular formula is C3H5NO2S. The molecule has 0 N–H and O–H groups in total. The lowest BCUT2D eigenvalue weighted by Gasteiger charge is -1.95. The van der Waals surface area contributed by atoms with E-state index in [1.54, 1.807) is 0 Å². The van der Waals surface area contributed by atoms with Gasteiger partial charge in [-0.05, 0) is 0 Å². The summed E-state index contributed by atoms with van der Waals surface area (Å²) in [5, 5.41) is -0.778. The number of hydrogen-bond acceptors (Lipinski definition) is 2. The second-order valence-electron chi connectivity index (χ2n) is 1.01. The topological polar surface area (TPSA) is 44.5 Å². The van der Waals surface area contributed by atoms with Gasteiger partial charge in [0.05, 0.1) is 0 Å². The van der Waals surface area contributed by atoms with E-state index in [9.17, 15) is 8.76 Å². The Bertz CT molecular complexity index is 117. The molecule has 40 valence electrons. The molecule has 0 bridgehead atoms. The Morgan fingerprint density at radius 3 is 2.43 bits per heavy atom. The van der Waals surface area contributed by atoms with Crippen LogP contribution in [0, 0.1) is 6.57 Å². The highest BCUT2D eigenvalue weighted by atomic mass is 32.2. The second kappa shape index (κ2) is 2.72.